The number of carbonyl (C=O) groups excluding carboxylic acids is 2. The number of ether oxygens (including phenoxy) is 1. The first kappa shape index (κ1) is 26.1. The Morgan fingerprint density at radius 1 is 0.917 bits per heavy atom. The second-order valence-corrected chi connectivity index (χ2v) is 9.76. The lowest BCUT2D eigenvalue weighted by Crippen LogP contribution is -2.18. The van der Waals surface area contributed by atoms with Gasteiger partial charge in [-0.25, -0.2) is 17.6 Å². The zero-order valence-electron chi connectivity index (χ0n) is 18.1. The van der Waals surface area contributed by atoms with Gasteiger partial charge in [0.05, 0.1) is 29.3 Å². The highest BCUT2D eigenvalue weighted by Gasteiger charge is 2.67. The first-order chi connectivity index (χ1) is 16.9. The van der Waals surface area contributed by atoms with Crippen molar-refractivity contribution in [3.05, 3.63) is 87.9 Å². The Hall–Kier alpha value is -3.01. The van der Waals surface area contributed by atoms with Crippen molar-refractivity contribution in [2.45, 2.75) is 10.3 Å². The first-order valence-corrected chi connectivity index (χ1v) is 11.3. The summed E-state index contributed by atoms with van der Waals surface area (Å²) >= 11 is 18.6. The number of carbonyl (C=O) groups is 2. The fourth-order valence-corrected chi connectivity index (χ4v) is 4.83. The molecule has 2 N–H and O–H groups in total. The van der Waals surface area contributed by atoms with Crippen molar-refractivity contribution in [3.8, 4) is 5.75 Å². The van der Waals surface area contributed by atoms with Crippen LogP contribution in [0.3, 0.4) is 0 Å². The summed E-state index contributed by atoms with van der Waals surface area (Å²) in [7, 11) is 1.11. The van der Waals surface area contributed by atoms with Gasteiger partial charge in [0.1, 0.15) is 16.0 Å². The topological polar surface area (TPSA) is 67.4 Å². The van der Waals surface area contributed by atoms with Gasteiger partial charge in [0.15, 0.2) is 17.4 Å². The van der Waals surface area contributed by atoms with E-state index in [2.05, 4.69) is 15.4 Å². The van der Waals surface area contributed by atoms with E-state index in [1.54, 1.807) is 0 Å². The average molecular weight is 562 g/mol. The molecule has 0 heterocycles. The van der Waals surface area contributed by atoms with Gasteiger partial charge in [-0.05, 0) is 48.0 Å². The lowest BCUT2D eigenvalue weighted by Gasteiger charge is -2.11. The van der Waals surface area contributed by atoms with Crippen molar-refractivity contribution in [1.29, 1.82) is 0 Å². The van der Waals surface area contributed by atoms with E-state index in [9.17, 15) is 27.2 Å². The molecule has 0 radical (unpaired) electrons. The second kappa shape index (κ2) is 9.80. The zero-order valence-corrected chi connectivity index (χ0v) is 20.4. The molecule has 3 aromatic rings. The van der Waals surface area contributed by atoms with Gasteiger partial charge in [-0.2, -0.15) is 0 Å². The van der Waals surface area contributed by atoms with Crippen LogP contribution in [-0.4, -0.2) is 23.3 Å². The number of anilines is 2. The Morgan fingerprint density at radius 3 is 2.19 bits per heavy atom. The molecule has 12 heteroatoms. The predicted molar refractivity (Wildman–Crippen MR) is 128 cm³/mol. The predicted octanol–water partition coefficient (Wildman–Crippen LogP) is 6.68. The van der Waals surface area contributed by atoms with Gasteiger partial charge in [0.25, 0.3) is 5.91 Å². The van der Waals surface area contributed by atoms with Crippen LogP contribution in [0.25, 0.3) is 0 Å². The van der Waals surface area contributed by atoms with Gasteiger partial charge in [0.2, 0.25) is 5.91 Å². The average Bonchev–Trinajstić information content (AvgIpc) is 3.38. The number of benzene rings is 3. The van der Waals surface area contributed by atoms with Crippen molar-refractivity contribution in [2.24, 2.45) is 5.92 Å². The van der Waals surface area contributed by atoms with Crippen molar-refractivity contribution < 1.29 is 31.9 Å². The quantitative estimate of drug-likeness (QED) is 0.261. The van der Waals surface area contributed by atoms with E-state index >= 15 is 0 Å². The summed E-state index contributed by atoms with van der Waals surface area (Å²) in [5.41, 5.74) is -0.210. The number of hydrogen-bond donors (Lipinski definition) is 2. The van der Waals surface area contributed by atoms with Crippen LogP contribution in [0.5, 0.6) is 5.75 Å². The minimum absolute atomic E-state index is 0.00876. The van der Waals surface area contributed by atoms with E-state index in [0.29, 0.717) is 6.07 Å². The second-order valence-electron chi connectivity index (χ2n) is 7.91. The molecule has 1 aliphatic rings. The molecule has 0 saturated heterocycles. The number of alkyl halides is 2. The molecule has 0 spiro atoms. The maximum Gasteiger partial charge on any atom is 0.257 e. The fourth-order valence-electron chi connectivity index (χ4n) is 3.80. The highest BCUT2D eigenvalue weighted by atomic mass is 35.5. The number of halogens is 7. The van der Waals surface area contributed by atoms with Crippen molar-refractivity contribution >= 4 is 58.0 Å². The summed E-state index contributed by atoms with van der Waals surface area (Å²) in [6.07, 6.45) is 0. The van der Waals surface area contributed by atoms with Crippen LogP contribution in [0.2, 0.25) is 5.02 Å². The van der Waals surface area contributed by atoms with Crippen LogP contribution in [-0.2, 0) is 4.79 Å². The van der Waals surface area contributed by atoms with Crippen molar-refractivity contribution in [2.75, 3.05) is 17.7 Å². The molecule has 2 atom stereocenters. The smallest absolute Gasteiger partial charge is 0.257 e. The molecule has 4 rings (SSSR count). The molecule has 1 fully saturated rings. The molecule has 0 aromatic heterocycles. The first-order valence-electron chi connectivity index (χ1n) is 10.2. The molecule has 3 aromatic carbocycles. The molecule has 5 nitrogen and oxygen atoms in total. The van der Waals surface area contributed by atoms with E-state index in [1.165, 1.54) is 18.2 Å². The van der Waals surface area contributed by atoms with E-state index in [1.807, 2.05) is 0 Å². The van der Waals surface area contributed by atoms with Crippen LogP contribution >= 0.6 is 34.8 Å². The molecule has 1 aliphatic carbocycles. The van der Waals surface area contributed by atoms with Crippen LogP contribution in [0, 0.1) is 29.2 Å². The Balaban J connectivity index is 1.52. The number of hydrogen-bond acceptors (Lipinski definition) is 3. The van der Waals surface area contributed by atoms with Crippen molar-refractivity contribution in [1.82, 2.24) is 0 Å². The molecular formula is C24H15Cl3F4N2O3. The van der Waals surface area contributed by atoms with Gasteiger partial charge in [0, 0.05) is 17.7 Å². The SMILES string of the molecule is COc1c(F)cc(C2C(C(=O)Nc3ccc(Cl)c(C(=O)Nc4ccc(F)cc4F)c3)C2(Cl)Cl)cc1F. The molecular weight excluding hydrogens is 547 g/mol. The van der Waals surface area contributed by atoms with Crippen LogP contribution in [0.1, 0.15) is 21.8 Å². The Morgan fingerprint density at radius 2 is 1.58 bits per heavy atom. The summed E-state index contributed by atoms with van der Waals surface area (Å²) in [5.74, 6) is -7.84. The van der Waals surface area contributed by atoms with Crippen LogP contribution < -0.4 is 15.4 Å². The normalized spacial score (nSPS) is 17.9. The molecule has 36 heavy (non-hydrogen) atoms. The number of methoxy groups -OCH3 is 1. The van der Waals surface area contributed by atoms with Gasteiger partial charge in [-0.15, -0.1) is 23.2 Å². The fraction of sp³-hybridized carbons (Fsp3) is 0.167. The lowest BCUT2D eigenvalue weighted by molar-refractivity contribution is -0.117. The minimum atomic E-state index is -1.65. The number of amides is 2. The number of rotatable bonds is 6. The summed E-state index contributed by atoms with van der Waals surface area (Å²) in [6, 6.07) is 8.52. The van der Waals surface area contributed by atoms with Gasteiger partial charge >= 0.3 is 0 Å². The van der Waals surface area contributed by atoms with Crippen LogP contribution in [0.15, 0.2) is 48.5 Å². The van der Waals surface area contributed by atoms with E-state index in [-0.39, 0.29) is 27.5 Å². The third kappa shape index (κ3) is 4.96. The van der Waals surface area contributed by atoms with Gasteiger partial charge < -0.3 is 15.4 Å². The third-order valence-electron chi connectivity index (χ3n) is 5.58. The minimum Gasteiger partial charge on any atom is -0.491 e. The molecule has 1 saturated carbocycles. The Kier molecular flexibility index (Phi) is 7.10. The summed E-state index contributed by atoms with van der Waals surface area (Å²) in [5, 5.41) is 4.80. The molecule has 2 unspecified atom stereocenters. The maximum absolute atomic E-state index is 14.1. The monoisotopic (exact) mass is 560 g/mol. The van der Waals surface area contributed by atoms with E-state index in [4.69, 9.17) is 34.8 Å². The maximum atomic E-state index is 14.1. The summed E-state index contributed by atoms with van der Waals surface area (Å²) in [6.45, 7) is 0. The highest BCUT2D eigenvalue weighted by molar-refractivity contribution is 6.53. The molecule has 188 valence electrons. The number of nitrogens with one attached hydrogen (secondary N) is 2. The lowest BCUT2D eigenvalue weighted by atomic mass is 10.1. The van der Waals surface area contributed by atoms with E-state index in [0.717, 1.165) is 31.4 Å². The Bertz CT molecular complexity index is 1360. The zero-order chi connectivity index (χ0) is 26.4. The highest BCUT2D eigenvalue weighted by Crippen LogP contribution is 2.65. The standard InChI is InChI=1S/C24H15Cl3F4N2O3/c1-36-21-16(30)6-10(7-17(21)31)19-20(24(19,26)27)23(35)32-12-3-4-14(25)13(9-12)22(34)33-18-5-2-11(28)8-15(18)29/h2-9,19-20H,1H3,(H,32,35)(H,33,34). The molecule has 2 amide bonds. The summed E-state index contributed by atoms with van der Waals surface area (Å²) in [4.78, 5) is 25.5. The largest absolute Gasteiger partial charge is 0.491 e. The van der Waals surface area contributed by atoms with Gasteiger partial charge in [-0.3, -0.25) is 9.59 Å². The van der Waals surface area contributed by atoms with Crippen LogP contribution in [0.4, 0.5) is 28.9 Å². The van der Waals surface area contributed by atoms with E-state index < -0.39 is 57.0 Å². The van der Waals surface area contributed by atoms with Gasteiger partial charge in [-0.1, -0.05) is 11.6 Å². The Labute approximate surface area is 217 Å². The third-order valence-corrected chi connectivity index (χ3v) is 6.85. The molecule has 0 aliphatic heterocycles. The molecule has 0 bridgehead atoms. The summed E-state index contributed by atoms with van der Waals surface area (Å²) < 4.78 is 58.3. The van der Waals surface area contributed by atoms with Crippen molar-refractivity contribution in [3.63, 3.8) is 0 Å².